The topological polar surface area (TPSA) is 70.4 Å². The van der Waals surface area contributed by atoms with Crippen LogP contribution in [0.5, 0.6) is 0 Å². The van der Waals surface area contributed by atoms with Gasteiger partial charge in [0.15, 0.2) is 0 Å². The van der Waals surface area contributed by atoms with Gasteiger partial charge in [-0.25, -0.2) is 0 Å². The van der Waals surface area contributed by atoms with Crippen LogP contribution in [0.1, 0.15) is 37.7 Å². The van der Waals surface area contributed by atoms with Crippen LogP contribution in [0, 0.1) is 5.41 Å². The highest BCUT2D eigenvalue weighted by molar-refractivity contribution is 7.99. The van der Waals surface area contributed by atoms with Crippen molar-refractivity contribution in [2.24, 2.45) is 5.41 Å². The highest BCUT2D eigenvalue weighted by Crippen LogP contribution is 2.52. The van der Waals surface area contributed by atoms with Gasteiger partial charge in [0.25, 0.3) is 0 Å². The second-order valence-electron chi connectivity index (χ2n) is 6.41. The van der Waals surface area contributed by atoms with Gasteiger partial charge < -0.3 is 10.2 Å². The maximum atomic E-state index is 11.0. The molecule has 0 amide bonds. The van der Waals surface area contributed by atoms with Crippen LogP contribution in [0.2, 0.25) is 0 Å². The third-order valence-corrected chi connectivity index (χ3v) is 6.01. The van der Waals surface area contributed by atoms with Gasteiger partial charge in [0, 0.05) is 28.6 Å². The Labute approximate surface area is 140 Å². The van der Waals surface area contributed by atoms with E-state index in [0.717, 1.165) is 42.6 Å². The van der Waals surface area contributed by atoms with Crippen LogP contribution < -0.4 is 0 Å². The van der Waals surface area contributed by atoms with Crippen molar-refractivity contribution in [2.45, 2.75) is 37.0 Å². The summed E-state index contributed by atoms with van der Waals surface area (Å²) in [6, 6.07) is 2.02. The van der Waals surface area contributed by atoms with Crippen molar-refractivity contribution in [2.75, 3.05) is 12.4 Å². The van der Waals surface area contributed by atoms with E-state index in [-0.39, 0.29) is 18.4 Å². The quantitative estimate of drug-likeness (QED) is 0.748. The van der Waals surface area contributed by atoms with Crippen molar-refractivity contribution >= 4 is 23.3 Å². The lowest BCUT2D eigenvalue weighted by molar-refractivity contribution is -0.138. The van der Waals surface area contributed by atoms with Gasteiger partial charge in [-0.2, -0.15) is 0 Å². The number of pyridine rings is 1. The average molecular weight is 331 g/mol. The molecule has 5 heteroatoms. The number of aromatic nitrogens is 1. The normalized spacial score (nSPS) is 19.0. The lowest BCUT2D eigenvalue weighted by Gasteiger charge is -2.17. The van der Waals surface area contributed by atoms with E-state index in [4.69, 9.17) is 5.11 Å². The summed E-state index contributed by atoms with van der Waals surface area (Å²) >= 11 is 1.74. The fraction of sp³-hybridized carbons (Fsp3) is 0.444. The Kier molecular flexibility index (Phi) is 4.87. The summed E-state index contributed by atoms with van der Waals surface area (Å²) in [6.45, 7) is 0.121. The highest BCUT2D eigenvalue weighted by Gasteiger charge is 2.44. The minimum atomic E-state index is -0.699. The molecule has 1 aromatic rings. The summed E-state index contributed by atoms with van der Waals surface area (Å²) < 4.78 is 0. The van der Waals surface area contributed by atoms with Crippen LogP contribution in [-0.2, 0) is 4.79 Å². The molecule has 1 aromatic heterocycles. The highest BCUT2D eigenvalue weighted by atomic mass is 32.2. The van der Waals surface area contributed by atoms with Crippen LogP contribution >= 0.6 is 11.8 Å². The molecule has 2 aliphatic carbocycles. The number of rotatable bonds is 7. The van der Waals surface area contributed by atoms with Gasteiger partial charge in [-0.05, 0) is 48.3 Å². The third kappa shape index (κ3) is 4.03. The lowest BCUT2D eigenvalue weighted by atomic mass is 9.94. The van der Waals surface area contributed by atoms with Crippen LogP contribution in [-0.4, -0.2) is 33.5 Å². The second-order valence-corrected chi connectivity index (χ2v) is 7.42. The molecule has 0 bridgehead atoms. The number of hydrogen-bond acceptors (Lipinski definition) is 4. The number of aliphatic carboxylic acids is 1. The van der Waals surface area contributed by atoms with E-state index < -0.39 is 5.97 Å². The number of carboxylic acid groups (broad SMARTS) is 1. The molecule has 1 heterocycles. The zero-order valence-corrected chi connectivity index (χ0v) is 13.8. The van der Waals surface area contributed by atoms with Crippen molar-refractivity contribution in [1.29, 1.82) is 0 Å². The zero-order chi connectivity index (χ0) is 16.3. The molecule has 2 N–H and O–H groups in total. The standard InChI is InChI=1S/C18H21NO3S/c20-11-13-1-3-14(4-2-13)15-10-19-8-5-16(15)23-12-18(6-7-18)9-17(21)22/h1,3,5,8,10,20H,2,4,6-7,9,11-12H2,(H,21,22). The molecule has 2 aliphatic rings. The maximum absolute atomic E-state index is 11.0. The molecule has 0 radical (unpaired) electrons. The monoisotopic (exact) mass is 331 g/mol. The third-order valence-electron chi connectivity index (χ3n) is 4.58. The van der Waals surface area contributed by atoms with E-state index in [2.05, 4.69) is 11.1 Å². The Morgan fingerprint density at radius 3 is 2.74 bits per heavy atom. The summed E-state index contributed by atoms with van der Waals surface area (Å²) in [7, 11) is 0. The SMILES string of the molecule is O=C(O)CC1(CSc2ccncc2C2=CC=C(CO)CC2)CC1. The van der Waals surface area contributed by atoms with Gasteiger partial charge >= 0.3 is 5.97 Å². The first kappa shape index (κ1) is 16.3. The molecule has 0 saturated heterocycles. The maximum Gasteiger partial charge on any atom is 0.303 e. The molecule has 0 unspecified atom stereocenters. The van der Waals surface area contributed by atoms with E-state index in [1.165, 1.54) is 10.5 Å². The molecule has 23 heavy (non-hydrogen) atoms. The first-order valence-electron chi connectivity index (χ1n) is 7.90. The molecule has 3 rings (SSSR count). The van der Waals surface area contributed by atoms with Crippen LogP contribution in [0.3, 0.4) is 0 Å². The zero-order valence-electron chi connectivity index (χ0n) is 13.0. The molecular formula is C18H21NO3S. The van der Waals surface area contributed by atoms with Crippen LogP contribution in [0.4, 0.5) is 0 Å². The lowest BCUT2D eigenvalue weighted by Crippen LogP contribution is -2.11. The van der Waals surface area contributed by atoms with Crippen molar-refractivity contribution in [3.63, 3.8) is 0 Å². The number of hydrogen-bond donors (Lipinski definition) is 2. The number of carbonyl (C=O) groups is 1. The fourth-order valence-electron chi connectivity index (χ4n) is 2.89. The summed E-state index contributed by atoms with van der Waals surface area (Å²) in [5, 5.41) is 18.2. The molecule has 0 spiro atoms. The smallest absolute Gasteiger partial charge is 0.303 e. The number of carboxylic acids is 1. The van der Waals surface area contributed by atoms with E-state index in [0.29, 0.717) is 0 Å². The van der Waals surface area contributed by atoms with Gasteiger partial charge in [-0.15, -0.1) is 11.8 Å². The van der Waals surface area contributed by atoms with Gasteiger partial charge in [0.1, 0.15) is 0 Å². The van der Waals surface area contributed by atoms with Gasteiger partial charge in [0.2, 0.25) is 0 Å². The summed E-state index contributed by atoms with van der Waals surface area (Å²) in [6.07, 6.45) is 11.8. The minimum Gasteiger partial charge on any atom is -0.481 e. The Morgan fingerprint density at radius 1 is 1.30 bits per heavy atom. The minimum absolute atomic E-state index is 0.0120. The predicted molar refractivity (Wildman–Crippen MR) is 91.3 cm³/mol. The van der Waals surface area contributed by atoms with Crippen molar-refractivity contribution < 1.29 is 15.0 Å². The van der Waals surface area contributed by atoms with Crippen molar-refractivity contribution in [3.05, 3.63) is 41.7 Å². The summed E-state index contributed by atoms with van der Waals surface area (Å²) in [4.78, 5) is 16.4. The summed E-state index contributed by atoms with van der Waals surface area (Å²) in [5.41, 5.74) is 3.42. The average Bonchev–Trinajstić information content (AvgIpc) is 3.32. The number of allylic oxidation sites excluding steroid dienone is 3. The Morgan fingerprint density at radius 2 is 2.13 bits per heavy atom. The Bertz CT molecular complexity index is 662. The number of nitrogens with zero attached hydrogens (tertiary/aromatic N) is 1. The summed E-state index contributed by atoms with van der Waals surface area (Å²) in [5.74, 6) is 0.149. The van der Waals surface area contributed by atoms with Gasteiger partial charge in [-0.3, -0.25) is 9.78 Å². The van der Waals surface area contributed by atoms with Crippen molar-refractivity contribution in [3.8, 4) is 0 Å². The molecule has 0 aliphatic heterocycles. The van der Waals surface area contributed by atoms with Gasteiger partial charge in [-0.1, -0.05) is 12.2 Å². The predicted octanol–water partition coefficient (Wildman–Crippen LogP) is 3.52. The molecule has 4 nitrogen and oxygen atoms in total. The second kappa shape index (κ2) is 6.89. The van der Waals surface area contributed by atoms with E-state index in [9.17, 15) is 9.90 Å². The van der Waals surface area contributed by atoms with Crippen molar-refractivity contribution in [1.82, 2.24) is 4.98 Å². The first-order valence-corrected chi connectivity index (χ1v) is 8.89. The Balaban J connectivity index is 1.73. The molecule has 1 fully saturated rings. The number of aliphatic hydroxyl groups excluding tert-OH is 1. The van der Waals surface area contributed by atoms with Crippen LogP contribution in [0.15, 0.2) is 41.1 Å². The fourth-order valence-corrected chi connectivity index (χ4v) is 4.23. The number of thioether (sulfide) groups is 1. The molecule has 0 atom stereocenters. The van der Waals surface area contributed by atoms with Crippen LogP contribution in [0.25, 0.3) is 5.57 Å². The molecule has 0 aromatic carbocycles. The van der Waals surface area contributed by atoms with E-state index >= 15 is 0 Å². The van der Waals surface area contributed by atoms with Gasteiger partial charge in [0.05, 0.1) is 13.0 Å². The Hall–Kier alpha value is -1.59. The number of aliphatic hydroxyl groups is 1. The molecule has 122 valence electrons. The molecule has 1 saturated carbocycles. The molecular weight excluding hydrogens is 310 g/mol. The van der Waals surface area contributed by atoms with E-state index in [1.54, 1.807) is 18.0 Å². The van der Waals surface area contributed by atoms with E-state index in [1.807, 2.05) is 18.3 Å². The largest absolute Gasteiger partial charge is 0.481 e. The first-order chi connectivity index (χ1) is 11.1.